The van der Waals surface area contributed by atoms with E-state index in [9.17, 15) is 9.59 Å². The Morgan fingerprint density at radius 2 is 2.03 bits per heavy atom. The Kier molecular flexibility index (Phi) is 7.20. The van der Waals surface area contributed by atoms with E-state index in [4.69, 9.17) is 26.2 Å². The van der Waals surface area contributed by atoms with Crippen LogP contribution < -0.4 is 15.5 Å². The second-order valence-corrected chi connectivity index (χ2v) is 8.41. The highest BCUT2D eigenvalue weighted by Gasteiger charge is 2.39. The number of hydroxylamine groups is 2. The van der Waals surface area contributed by atoms with Crippen LogP contribution in [-0.2, 0) is 14.4 Å². The fraction of sp³-hybridized carbons (Fsp3) is 0.435. The van der Waals surface area contributed by atoms with Crippen LogP contribution in [0.1, 0.15) is 19.8 Å². The monoisotopic (exact) mass is 473 g/mol. The smallest absolute Gasteiger partial charge is 0.407 e. The summed E-state index contributed by atoms with van der Waals surface area (Å²) in [5.74, 6) is 1.20. The minimum Gasteiger partial charge on any atom is -0.441 e. The van der Waals surface area contributed by atoms with Crippen molar-refractivity contribution in [3.8, 4) is 0 Å². The fourth-order valence-electron chi connectivity index (χ4n) is 4.13. The molecule has 9 nitrogen and oxygen atoms in total. The molecule has 1 fully saturated rings. The minimum atomic E-state index is -0.567. The van der Waals surface area contributed by atoms with Gasteiger partial charge in [-0.15, -0.1) is 5.06 Å². The molecule has 1 aromatic heterocycles. The van der Waals surface area contributed by atoms with Crippen molar-refractivity contribution in [3.63, 3.8) is 0 Å². The first-order chi connectivity index (χ1) is 16.0. The number of ether oxygens (including phenoxy) is 1. The van der Waals surface area contributed by atoms with Gasteiger partial charge in [-0.3, -0.25) is 4.79 Å². The summed E-state index contributed by atoms with van der Waals surface area (Å²) in [6, 6.07) is 9.20. The number of hydrogen-bond donors (Lipinski definition) is 2. The maximum Gasteiger partial charge on any atom is 0.407 e. The number of hydrogen-bond acceptors (Lipinski definition) is 7. The van der Waals surface area contributed by atoms with Crippen molar-refractivity contribution < 1.29 is 19.2 Å². The number of anilines is 1. The van der Waals surface area contributed by atoms with Gasteiger partial charge in [-0.2, -0.15) is 0 Å². The van der Waals surface area contributed by atoms with E-state index in [0.29, 0.717) is 17.3 Å². The van der Waals surface area contributed by atoms with Crippen LogP contribution in [-0.4, -0.2) is 67.4 Å². The van der Waals surface area contributed by atoms with Gasteiger partial charge in [0.05, 0.1) is 11.6 Å². The molecule has 33 heavy (non-hydrogen) atoms. The Bertz CT molecular complexity index is 1050. The molecule has 0 radical (unpaired) electrons. The number of fused-ring (bicyclic) bond motifs is 1. The third kappa shape index (κ3) is 5.31. The van der Waals surface area contributed by atoms with E-state index in [1.807, 2.05) is 37.3 Å². The van der Waals surface area contributed by atoms with E-state index in [1.54, 1.807) is 18.2 Å². The SMILES string of the molecule is CCNC(=O)OCC1=CC(C(=O)NC)N(C2CCN(c3ccc4cc(Cl)ccc4n3)CC2)O1. The lowest BCUT2D eigenvalue weighted by atomic mass is 10.0. The summed E-state index contributed by atoms with van der Waals surface area (Å²) >= 11 is 6.07. The second-order valence-electron chi connectivity index (χ2n) is 7.97. The predicted molar refractivity (Wildman–Crippen MR) is 126 cm³/mol. The molecule has 176 valence electrons. The number of carbonyl (C=O) groups excluding carboxylic acids is 2. The highest BCUT2D eigenvalue weighted by Crippen LogP contribution is 2.29. The number of halogens is 1. The molecular weight excluding hydrogens is 446 g/mol. The number of carbonyl (C=O) groups is 2. The number of likely N-dealkylation sites (N-methyl/N-ethyl adjacent to an activating group) is 1. The summed E-state index contributed by atoms with van der Waals surface area (Å²) < 4.78 is 5.15. The molecule has 2 aliphatic rings. The third-order valence-corrected chi connectivity index (χ3v) is 6.04. The van der Waals surface area contributed by atoms with Crippen LogP contribution in [0.15, 0.2) is 42.2 Å². The summed E-state index contributed by atoms with van der Waals surface area (Å²) in [7, 11) is 1.60. The fourth-order valence-corrected chi connectivity index (χ4v) is 4.31. The van der Waals surface area contributed by atoms with Gasteiger partial charge in [-0.05, 0) is 56.2 Å². The van der Waals surface area contributed by atoms with Crippen molar-refractivity contribution in [3.05, 3.63) is 47.2 Å². The number of aromatic nitrogens is 1. The molecule has 1 saturated heterocycles. The van der Waals surface area contributed by atoms with E-state index in [0.717, 1.165) is 42.7 Å². The normalized spacial score (nSPS) is 19.2. The lowest BCUT2D eigenvalue weighted by Crippen LogP contribution is -2.50. The van der Waals surface area contributed by atoms with Gasteiger partial charge in [0.15, 0.2) is 12.4 Å². The van der Waals surface area contributed by atoms with E-state index < -0.39 is 12.1 Å². The van der Waals surface area contributed by atoms with Gasteiger partial charge in [-0.25, -0.2) is 9.78 Å². The molecular formula is C23H28ClN5O4. The van der Waals surface area contributed by atoms with Gasteiger partial charge in [0.1, 0.15) is 11.9 Å². The van der Waals surface area contributed by atoms with Gasteiger partial charge >= 0.3 is 6.09 Å². The zero-order chi connectivity index (χ0) is 23.4. The molecule has 10 heteroatoms. The molecule has 0 saturated carbocycles. The zero-order valence-electron chi connectivity index (χ0n) is 18.7. The van der Waals surface area contributed by atoms with E-state index in [2.05, 4.69) is 15.5 Å². The van der Waals surface area contributed by atoms with E-state index in [1.165, 1.54) is 0 Å². The standard InChI is InChI=1S/C23H28ClN5O4/c1-3-26-23(31)32-14-18-13-20(22(30)25-2)29(33-18)17-8-10-28(11-9-17)21-7-4-15-12-16(24)5-6-19(15)27-21/h4-7,12-13,17,20H,3,8-11,14H2,1-2H3,(H,25,30)(H,26,31). The van der Waals surface area contributed by atoms with Crippen molar-refractivity contribution >= 4 is 40.3 Å². The lowest BCUT2D eigenvalue weighted by molar-refractivity contribution is -0.169. The highest BCUT2D eigenvalue weighted by atomic mass is 35.5. The number of rotatable bonds is 6. The van der Waals surface area contributed by atoms with Crippen LogP contribution in [0.5, 0.6) is 0 Å². The van der Waals surface area contributed by atoms with Crippen molar-refractivity contribution in [2.45, 2.75) is 31.8 Å². The van der Waals surface area contributed by atoms with Crippen molar-refractivity contribution in [1.82, 2.24) is 20.7 Å². The topological polar surface area (TPSA) is 96.0 Å². The average Bonchev–Trinajstić information content (AvgIpc) is 3.26. The number of benzene rings is 1. The second kappa shape index (κ2) is 10.3. The molecule has 2 amide bonds. The van der Waals surface area contributed by atoms with E-state index >= 15 is 0 Å². The first kappa shape index (κ1) is 23.1. The van der Waals surface area contributed by atoms with Crippen LogP contribution in [0, 0.1) is 0 Å². The van der Waals surface area contributed by atoms with Gasteiger partial charge in [0.25, 0.3) is 0 Å². The van der Waals surface area contributed by atoms with Crippen LogP contribution in [0.25, 0.3) is 10.9 Å². The molecule has 0 bridgehead atoms. The van der Waals surface area contributed by atoms with Crippen molar-refractivity contribution in [2.24, 2.45) is 0 Å². The van der Waals surface area contributed by atoms with Crippen LogP contribution in [0.3, 0.4) is 0 Å². The number of pyridine rings is 1. The van der Waals surface area contributed by atoms with Crippen molar-refractivity contribution in [1.29, 1.82) is 0 Å². The van der Waals surface area contributed by atoms with Crippen molar-refractivity contribution in [2.75, 3.05) is 38.2 Å². The Labute approximate surface area is 197 Å². The molecule has 3 heterocycles. The molecule has 4 rings (SSSR count). The first-order valence-corrected chi connectivity index (χ1v) is 11.5. The highest BCUT2D eigenvalue weighted by molar-refractivity contribution is 6.31. The van der Waals surface area contributed by atoms with E-state index in [-0.39, 0.29) is 18.6 Å². The molecule has 1 aromatic carbocycles. The summed E-state index contributed by atoms with van der Waals surface area (Å²) in [6.45, 7) is 3.82. The van der Waals surface area contributed by atoms with Crippen LogP contribution >= 0.6 is 11.6 Å². The molecule has 2 aliphatic heterocycles. The Morgan fingerprint density at radius 1 is 1.24 bits per heavy atom. The number of piperidine rings is 1. The summed E-state index contributed by atoms with van der Waals surface area (Å²) in [5, 5.41) is 8.68. The molecule has 1 atom stereocenters. The van der Waals surface area contributed by atoms with Crippen LogP contribution in [0.4, 0.5) is 10.6 Å². The zero-order valence-corrected chi connectivity index (χ0v) is 19.5. The molecule has 1 unspecified atom stereocenters. The maximum absolute atomic E-state index is 12.5. The van der Waals surface area contributed by atoms with Gasteiger partial charge < -0.3 is 25.1 Å². The Morgan fingerprint density at radius 3 is 2.76 bits per heavy atom. The number of amides is 2. The summed E-state index contributed by atoms with van der Waals surface area (Å²) in [6.07, 6.45) is 2.79. The largest absolute Gasteiger partial charge is 0.441 e. The maximum atomic E-state index is 12.5. The minimum absolute atomic E-state index is 0.0281. The average molecular weight is 474 g/mol. The Balaban J connectivity index is 1.39. The first-order valence-electron chi connectivity index (χ1n) is 11.1. The summed E-state index contributed by atoms with van der Waals surface area (Å²) in [5.41, 5.74) is 0.905. The molecule has 0 spiro atoms. The number of nitrogens with one attached hydrogen (secondary N) is 2. The van der Waals surface area contributed by atoms with Crippen LogP contribution in [0.2, 0.25) is 5.02 Å². The Hall–Kier alpha value is -3.04. The molecule has 2 aromatic rings. The quantitative estimate of drug-likeness (QED) is 0.666. The third-order valence-electron chi connectivity index (χ3n) is 5.81. The number of alkyl carbamates (subject to hydrolysis) is 1. The van der Waals surface area contributed by atoms with Gasteiger partial charge in [0.2, 0.25) is 5.91 Å². The van der Waals surface area contributed by atoms with Gasteiger partial charge in [-0.1, -0.05) is 11.6 Å². The predicted octanol–water partition coefficient (Wildman–Crippen LogP) is 2.85. The lowest BCUT2D eigenvalue weighted by Gasteiger charge is -2.38. The molecule has 0 aliphatic carbocycles. The van der Waals surface area contributed by atoms with Gasteiger partial charge in [0, 0.05) is 37.1 Å². The number of nitrogens with zero attached hydrogens (tertiary/aromatic N) is 3. The molecule has 2 N–H and O–H groups in total. The summed E-state index contributed by atoms with van der Waals surface area (Å²) in [4.78, 5) is 37.0.